The smallest absolute Gasteiger partial charge is 0.00978 e. The summed E-state index contributed by atoms with van der Waals surface area (Å²) in [6.07, 6.45) is 10.3. The van der Waals surface area contributed by atoms with Gasteiger partial charge in [0.15, 0.2) is 0 Å². The van der Waals surface area contributed by atoms with Crippen LogP contribution >= 0.6 is 7.92 Å². The molecule has 2 saturated carbocycles. The van der Waals surface area contributed by atoms with Crippen molar-refractivity contribution in [3.05, 3.63) is 60.7 Å². The van der Waals surface area contributed by atoms with Crippen LogP contribution in [0.1, 0.15) is 44.9 Å². The molecule has 0 bridgehead atoms. The number of benzene rings is 2. The zero-order valence-corrected chi connectivity index (χ0v) is 14.8. The van der Waals surface area contributed by atoms with Gasteiger partial charge in [0, 0.05) is 0 Å². The molecule has 0 spiro atoms. The Labute approximate surface area is 142 Å². The SMILES string of the molecule is c1ccc(P(c2ccccc2)C2CCC[C@H]2C2CCCC2)cc1. The normalized spacial score (nSPS) is 25.3. The van der Waals surface area contributed by atoms with Gasteiger partial charge in [-0.1, -0.05) is 92.8 Å². The fraction of sp³-hybridized carbons (Fsp3) is 0.455. The molecule has 2 aliphatic rings. The highest BCUT2D eigenvalue weighted by atomic mass is 31.1. The first kappa shape index (κ1) is 15.4. The van der Waals surface area contributed by atoms with Gasteiger partial charge in [0.05, 0.1) is 0 Å². The highest BCUT2D eigenvalue weighted by Gasteiger charge is 2.39. The molecule has 23 heavy (non-hydrogen) atoms. The molecule has 2 atom stereocenters. The van der Waals surface area contributed by atoms with Gasteiger partial charge in [0.1, 0.15) is 0 Å². The molecular formula is C22H27P. The van der Waals surface area contributed by atoms with E-state index in [0.29, 0.717) is 0 Å². The van der Waals surface area contributed by atoms with E-state index < -0.39 is 0 Å². The van der Waals surface area contributed by atoms with Gasteiger partial charge in [-0.2, -0.15) is 0 Å². The molecule has 0 aromatic heterocycles. The van der Waals surface area contributed by atoms with E-state index in [-0.39, 0.29) is 7.92 Å². The zero-order chi connectivity index (χ0) is 15.5. The first-order valence-electron chi connectivity index (χ1n) is 9.33. The molecule has 120 valence electrons. The lowest BCUT2D eigenvalue weighted by atomic mass is 9.89. The van der Waals surface area contributed by atoms with Gasteiger partial charge in [-0.3, -0.25) is 0 Å². The van der Waals surface area contributed by atoms with Gasteiger partial charge >= 0.3 is 0 Å². The van der Waals surface area contributed by atoms with Crippen LogP contribution in [-0.4, -0.2) is 5.66 Å². The van der Waals surface area contributed by atoms with E-state index >= 15 is 0 Å². The maximum Gasteiger partial charge on any atom is -0.00978 e. The third-order valence-electron chi connectivity index (χ3n) is 5.94. The van der Waals surface area contributed by atoms with E-state index in [1.807, 2.05) is 0 Å². The Hall–Kier alpha value is -1.13. The highest BCUT2D eigenvalue weighted by Crippen LogP contribution is 2.54. The van der Waals surface area contributed by atoms with Gasteiger partial charge in [0.2, 0.25) is 0 Å². The Morgan fingerprint density at radius 3 is 1.74 bits per heavy atom. The summed E-state index contributed by atoms with van der Waals surface area (Å²) in [6, 6.07) is 22.7. The maximum atomic E-state index is 2.38. The largest absolute Gasteiger partial charge is 0.0622 e. The van der Waals surface area contributed by atoms with Crippen LogP contribution < -0.4 is 10.6 Å². The van der Waals surface area contributed by atoms with E-state index in [1.54, 1.807) is 10.6 Å². The van der Waals surface area contributed by atoms with E-state index in [4.69, 9.17) is 0 Å². The van der Waals surface area contributed by atoms with Crippen LogP contribution in [0.25, 0.3) is 0 Å². The average molecular weight is 322 g/mol. The van der Waals surface area contributed by atoms with Crippen LogP contribution in [0.2, 0.25) is 0 Å². The van der Waals surface area contributed by atoms with Crippen molar-refractivity contribution in [2.75, 3.05) is 0 Å². The molecule has 2 aromatic rings. The van der Waals surface area contributed by atoms with Crippen molar-refractivity contribution in [3.63, 3.8) is 0 Å². The second-order valence-corrected chi connectivity index (χ2v) is 9.68. The molecule has 2 aliphatic carbocycles. The molecular weight excluding hydrogens is 295 g/mol. The Bertz CT molecular complexity index is 561. The molecule has 4 rings (SSSR count). The van der Waals surface area contributed by atoms with Gasteiger partial charge in [-0.15, -0.1) is 0 Å². The summed E-state index contributed by atoms with van der Waals surface area (Å²) in [5, 5.41) is 3.17. The Morgan fingerprint density at radius 2 is 1.17 bits per heavy atom. The minimum absolute atomic E-state index is 0.207. The predicted octanol–water partition coefficient (Wildman–Crippen LogP) is 5.48. The standard InChI is InChI=1S/C22H27P/c1-3-12-19(13-4-1)23(20-14-5-2-6-15-20)22-17-9-16-21(22)18-10-7-8-11-18/h1-6,12-15,18,21-22H,7-11,16-17H2/t21-,22?/m0/s1. The minimum atomic E-state index is -0.207. The Balaban J connectivity index is 1.70. The van der Waals surface area contributed by atoms with Gasteiger partial charge in [-0.05, 0) is 48.9 Å². The van der Waals surface area contributed by atoms with Crippen LogP contribution in [0.15, 0.2) is 60.7 Å². The first-order valence-corrected chi connectivity index (χ1v) is 10.7. The summed E-state index contributed by atoms with van der Waals surface area (Å²) < 4.78 is 0. The number of hydrogen-bond donors (Lipinski definition) is 0. The minimum Gasteiger partial charge on any atom is -0.0622 e. The maximum absolute atomic E-state index is 2.38. The molecule has 1 heteroatoms. The third-order valence-corrected chi connectivity index (χ3v) is 8.95. The van der Waals surface area contributed by atoms with Crippen LogP contribution in [-0.2, 0) is 0 Å². The van der Waals surface area contributed by atoms with E-state index in [0.717, 1.165) is 17.5 Å². The topological polar surface area (TPSA) is 0 Å². The summed E-state index contributed by atoms with van der Waals surface area (Å²) in [4.78, 5) is 0. The van der Waals surface area contributed by atoms with E-state index in [1.165, 1.54) is 44.9 Å². The van der Waals surface area contributed by atoms with Gasteiger partial charge in [0.25, 0.3) is 0 Å². The van der Waals surface area contributed by atoms with Crippen molar-refractivity contribution >= 4 is 18.5 Å². The van der Waals surface area contributed by atoms with Crippen LogP contribution in [0, 0.1) is 11.8 Å². The summed E-state index contributed by atoms with van der Waals surface area (Å²) >= 11 is 0. The average Bonchev–Trinajstić information content (AvgIpc) is 3.28. The lowest BCUT2D eigenvalue weighted by Gasteiger charge is -2.33. The predicted molar refractivity (Wildman–Crippen MR) is 102 cm³/mol. The fourth-order valence-corrected chi connectivity index (χ4v) is 8.20. The molecule has 0 heterocycles. The molecule has 0 aliphatic heterocycles. The molecule has 0 amide bonds. The third kappa shape index (κ3) is 3.24. The lowest BCUT2D eigenvalue weighted by molar-refractivity contribution is 0.352. The summed E-state index contributed by atoms with van der Waals surface area (Å²) in [5.41, 5.74) is 0.901. The van der Waals surface area contributed by atoms with Crippen LogP contribution in [0.4, 0.5) is 0 Å². The zero-order valence-electron chi connectivity index (χ0n) is 13.9. The van der Waals surface area contributed by atoms with Crippen molar-refractivity contribution in [1.29, 1.82) is 0 Å². The van der Waals surface area contributed by atoms with Gasteiger partial charge in [-0.25, -0.2) is 0 Å². The van der Waals surface area contributed by atoms with E-state index in [9.17, 15) is 0 Å². The second kappa shape index (κ2) is 7.18. The van der Waals surface area contributed by atoms with Crippen LogP contribution in [0.3, 0.4) is 0 Å². The van der Waals surface area contributed by atoms with Crippen molar-refractivity contribution in [1.82, 2.24) is 0 Å². The van der Waals surface area contributed by atoms with Crippen molar-refractivity contribution in [2.45, 2.75) is 50.6 Å². The molecule has 0 N–H and O–H groups in total. The summed E-state index contributed by atoms with van der Waals surface area (Å²) in [6.45, 7) is 0. The monoisotopic (exact) mass is 322 g/mol. The second-order valence-electron chi connectivity index (χ2n) is 7.25. The van der Waals surface area contributed by atoms with Gasteiger partial charge < -0.3 is 0 Å². The summed E-state index contributed by atoms with van der Waals surface area (Å²) in [5.74, 6) is 1.99. The quantitative estimate of drug-likeness (QED) is 0.654. The van der Waals surface area contributed by atoms with Crippen molar-refractivity contribution in [2.24, 2.45) is 11.8 Å². The van der Waals surface area contributed by atoms with Crippen molar-refractivity contribution < 1.29 is 0 Å². The highest BCUT2D eigenvalue weighted by molar-refractivity contribution is 7.73. The Morgan fingerprint density at radius 1 is 0.609 bits per heavy atom. The van der Waals surface area contributed by atoms with E-state index in [2.05, 4.69) is 60.7 Å². The number of rotatable bonds is 4. The first-order chi connectivity index (χ1) is 11.4. The molecule has 2 aromatic carbocycles. The number of hydrogen-bond acceptors (Lipinski definition) is 0. The van der Waals surface area contributed by atoms with Crippen LogP contribution in [0.5, 0.6) is 0 Å². The molecule has 0 saturated heterocycles. The fourth-order valence-electron chi connectivity index (χ4n) is 4.93. The molecule has 0 radical (unpaired) electrons. The Kier molecular flexibility index (Phi) is 4.81. The van der Waals surface area contributed by atoms with Crippen molar-refractivity contribution in [3.8, 4) is 0 Å². The summed E-state index contributed by atoms with van der Waals surface area (Å²) in [7, 11) is -0.207. The molecule has 0 nitrogen and oxygen atoms in total. The molecule has 1 unspecified atom stereocenters. The molecule has 2 fully saturated rings. The lowest BCUT2D eigenvalue weighted by Crippen LogP contribution is -2.28.